The summed E-state index contributed by atoms with van der Waals surface area (Å²) in [5.74, 6) is 0.944. The molecule has 3 N–H and O–H groups in total. The maximum Gasteiger partial charge on any atom is 0.0578 e. The molecule has 2 aliphatic rings. The molecule has 3 rings (SSSR count). The number of rotatable bonds is 3. The Kier molecular flexibility index (Phi) is 4.92. The van der Waals surface area contributed by atoms with Crippen LogP contribution < -0.4 is 11.1 Å². The van der Waals surface area contributed by atoms with Gasteiger partial charge in [-0.25, -0.2) is 0 Å². The molecule has 1 aliphatic heterocycles. The number of nitrogens with two attached hydrogens (primary N) is 1. The maximum absolute atomic E-state index is 6.09. The average Bonchev–Trinajstić information content (AvgIpc) is 2.53. The molecule has 0 atom stereocenters. The summed E-state index contributed by atoms with van der Waals surface area (Å²) < 4.78 is 0. The second kappa shape index (κ2) is 6.91. The third-order valence-corrected chi connectivity index (χ3v) is 5.60. The summed E-state index contributed by atoms with van der Waals surface area (Å²) in [5.41, 5.74) is 9.35. The van der Waals surface area contributed by atoms with Gasteiger partial charge in [0.15, 0.2) is 0 Å². The molecular formula is C19H31N3. The SMILES string of the molecule is Cc1ccc(N)c(NC2CCN([C@H]3CC[C@H](C)CC3)CC2)c1. The highest BCUT2D eigenvalue weighted by atomic mass is 15.2. The predicted octanol–water partition coefficient (Wildman–Crippen LogP) is 4.03. The lowest BCUT2D eigenvalue weighted by atomic mass is 9.85. The number of piperidine rings is 1. The van der Waals surface area contributed by atoms with Crippen molar-refractivity contribution in [3.05, 3.63) is 23.8 Å². The predicted molar refractivity (Wildman–Crippen MR) is 95.2 cm³/mol. The molecule has 122 valence electrons. The monoisotopic (exact) mass is 301 g/mol. The van der Waals surface area contributed by atoms with E-state index in [1.165, 1.54) is 57.2 Å². The van der Waals surface area contributed by atoms with Crippen LogP contribution in [0.3, 0.4) is 0 Å². The highest BCUT2D eigenvalue weighted by Crippen LogP contribution is 2.30. The van der Waals surface area contributed by atoms with Crippen molar-refractivity contribution in [2.75, 3.05) is 24.1 Å². The second-order valence-corrected chi connectivity index (χ2v) is 7.46. The lowest BCUT2D eigenvalue weighted by Gasteiger charge is -2.40. The van der Waals surface area contributed by atoms with E-state index in [1.807, 2.05) is 6.07 Å². The summed E-state index contributed by atoms with van der Waals surface area (Å²) in [6.45, 7) is 7.00. The zero-order valence-electron chi connectivity index (χ0n) is 14.1. The molecule has 0 radical (unpaired) electrons. The Morgan fingerprint density at radius 3 is 2.41 bits per heavy atom. The molecule has 0 spiro atoms. The molecule has 1 aliphatic carbocycles. The Morgan fingerprint density at radius 2 is 1.73 bits per heavy atom. The fraction of sp³-hybridized carbons (Fsp3) is 0.684. The summed E-state index contributed by atoms with van der Waals surface area (Å²) >= 11 is 0. The van der Waals surface area contributed by atoms with Crippen molar-refractivity contribution in [3.63, 3.8) is 0 Å². The molecule has 22 heavy (non-hydrogen) atoms. The van der Waals surface area contributed by atoms with Crippen LogP contribution in [0.1, 0.15) is 51.0 Å². The minimum Gasteiger partial charge on any atom is -0.397 e. The van der Waals surface area contributed by atoms with E-state index >= 15 is 0 Å². The topological polar surface area (TPSA) is 41.3 Å². The van der Waals surface area contributed by atoms with E-state index in [9.17, 15) is 0 Å². The Hall–Kier alpha value is -1.22. The van der Waals surface area contributed by atoms with Crippen molar-refractivity contribution in [2.45, 2.75) is 64.5 Å². The first-order valence-corrected chi connectivity index (χ1v) is 8.98. The lowest BCUT2D eigenvalue weighted by molar-refractivity contribution is 0.113. The van der Waals surface area contributed by atoms with E-state index in [0.29, 0.717) is 6.04 Å². The number of likely N-dealkylation sites (tertiary alicyclic amines) is 1. The molecule has 0 aromatic heterocycles. The van der Waals surface area contributed by atoms with E-state index in [0.717, 1.165) is 23.3 Å². The molecule has 3 heteroatoms. The minimum atomic E-state index is 0.572. The number of nitrogen functional groups attached to an aromatic ring is 1. The first-order chi connectivity index (χ1) is 10.6. The van der Waals surface area contributed by atoms with Crippen LogP contribution in [-0.2, 0) is 0 Å². The standard InChI is InChI=1S/C19H31N3/c1-14-3-6-17(7-4-14)22-11-9-16(10-12-22)21-19-13-15(2)5-8-18(19)20/h5,8,13-14,16-17,21H,3-4,6-7,9-12,20H2,1-2H3/t14-,17-. The van der Waals surface area contributed by atoms with Crippen LogP contribution in [0.2, 0.25) is 0 Å². The molecule has 1 saturated heterocycles. The van der Waals surface area contributed by atoms with Gasteiger partial charge < -0.3 is 16.0 Å². The van der Waals surface area contributed by atoms with E-state index < -0.39 is 0 Å². The number of aryl methyl sites for hydroxylation is 1. The van der Waals surface area contributed by atoms with E-state index in [-0.39, 0.29) is 0 Å². The normalized spacial score (nSPS) is 27.7. The summed E-state index contributed by atoms with van der Waals surface area (Å²) in [6, 6.07) is 7.68. The number of benzene rings is 1. The van der Waals surface area contributed by atoms with Crippen LogP contribution in [0.5, 0.6) is 0 Å². The smallest absolute Gasteiger partial charge is 0.0578 e. The molecule has 1 aromatic carbocycles. The van der Waals surface area contributed by atoms with Gasteiger partial charge >= 0.3 is 0 Å². The number of anilines is 2. The molecule has 0 unspecified atom stereocenters. The largest absolute Gasteiger partial charge is 0.397 e. The molecule has 0 bridgehead atoms. The fourth-order valence-corrected chi connectivity index (χ4v) is 4.03. The third kappa shape index (κ3) is 3.75. The van der Waals surface area contributed by atoms with Crippen molar-refractivity contribution in [1.82, 2.24) is 4.90 Å². The summed E-state index contributed by atoms with van der Waals surface area (Å²) in [5, 5.41) is 3.67. The average molecular weight is 301 g/mol. The molecule has 3 nitrogen and oxygen atoms in total. The first kappa shape index (κ1) is 15.7. The zero-order chi connectivity index (χ0) is 15.5. The van der Waals surface area contributed by atoms with E-state index in [2.05, 4.69) is 36.2 Å². The zero-order valence-corrected chi connectivity index (χ0v) is 14.1. The van der Waals surface area contributed by atoms with Crippen LogP contribution in [0.15, 0.2) is 18.2 Å². The van der Waals surface area contributed by atoms with Gasteiger partial charge in [0.2, 0.25) is 0 Å². The van der Waals surface area contributed by atoms with Crippen molar-refractivity contribution in [1.29, 1.82) is 0 Å². The van der Waals surface area contributed by atoms with Crippen molar-refractivity contribution >= 4 is 11.4 Å². The number of nitrogens with one attached hydrogen (secondary N) is 1. The van der Waals surface area contributed by atoms with E-state index in [4.69, 9.17) is 5.73 Å². The fourth-order valence-electron chi connectivity index (χ4n) is 4.03. The highest BCUT2D eigenvalue weighted by Gasteiger charge is 2.27. The van der Waals surface area contributed by atoms with Crippen LogP contribution in [0.25, 0.3) is 0 Å². The van der Waals surface area contributed by atoms with Crippen LogP contribution in [-0.4, -0.2) is 30.1 Å². The van der Waals surface area contributed by atoms with Gasteiger partial charge in [-0.2, -0.15) is 0 Å². The Morgan fingerprint density at radius 1 is 1.05 bits per heavy atom. The van der Waals surface area contributed by atoms with Gasteiger partial charge in [-0.05, 0) is 69.1 Å². The quantitative estimate of drug-likeness (QED) is 0.828. The summed E-state index contributed by atoms with van der Waals surface area (Å²) in [4.78, 5) is 2.74. The molecular weight excluding hydrogens is 270 g/mol. The molecule has 1 aromatic rings. The van der Waals surface area contributed by atoms with Gasteiger partial charge in [0.25, 0.3) is 0 Å². The summed E-state index contributed by atoms with van der Waals surface area (Å²) in [6.07, 6.45) is 8.12. The Bertz CT molecular complexity index is 483. The molecule has 2 fully saturated rings. The van der Waals surface area contributed by atoms with Crippen molar-refractivity contribution < 1.29 is 0 Å². The minimum absolute atomic E-state index is 0.572. The van der Waals surface area contributed by atoms with Crippen LogP contribution in [0.4, 0.5) is 11.4 Å². The van der Waals surface area contributed by atoms with Gasteiger partial charge in [-0.1, -0.05) is 13.0 Å². The van der Waals surface area contributed by atoms with Gasteiger partial charge in [0, 0.05) is 25.2 Å². The third-order valence-electron chi connectivity index (χ3n) is 5.60. The summed E-state index contributed by atoms with van der Waals surface area (Å²) in [7, 11) is 0. The van der Waals surface area contributed by atoms with Crippen LogP contribution in [0, 0.1) is 12.8 Å². The highest BCUT2D eigenvalue weighted by molar-refractivity contribution is 5.67. The van der Waals surface area contributed by atoms with Gasteiger partial charge in [-0.3, -0.25) is 0 Å². The number of hydrogen-bond donors (Lipinski definition) is 2. The molecule has 0 amide bonds. The lowest BCUT2D eigenvalue weighted by Crippen LogP contribution is -2.45. The Balaban J connectivity index is 1.50. The number of nitrogens with zero attached hydrogens (tertiary/aromatic N) is 1. The molecule has 1 heterocycles. The van der Waals surface area contributed by atoms with E-state index in [1.54, 1.807) is 0 Å². The van der Waals surface area contributed by atoms with Gasteiger partial charge in [0.1, 0.15) is 0 Å². The second-order valence-electron chi connectivity index (χ2n) is 7.46. The van der Waals surface area contributed by atoms with Gasteiger partial charge in [0.05, 0.1) is 11.4 Å². The van der Waals surface area contributed by atoms with Crippen molar-refractivity contribution in [2.24, 2.45) is 5.92 Å². The maximum atomic E-state index is 6.09. The molecule has 1 saturated carbocycles. The number of hydrogen-bond acceptors (Lipinski definition) is 3. The van der Waals surface area contributed by atoms with Crippen LogP contribution >= 0.6 is 0 Å². The Labute approximate surface area is 135 Å². The van der Waals surface area contributed by atoms with Crippen molar-refractivity contribution in [3.8, 4) is 0 Å². The van der Waals surface area contributed by atoms with Gasteiger partial charge in [-0.15, -0.1) is 0 Å². The first-order valence-electron chi connectivity index (χ1n) is 8.98.